The second kappa shape index (κ2) is 9.12. The van der Waals surface area contributed by atoms with Crippen LogP contribution in [-0.4, -0.2) is 19.4 Å². The van der Waals surface area contributed by atoms with Crippen LogP contribution in [0.4, 0.5) is 0 Å². The minimum atomic E-state index is -0.852. The van der Waals surface area contributed by atoms with Crippen molar-refractivity contribution in [1.82, 2.24) is 0 Å². The van der Waals surface area contributed by atoms with Crippen molar-refractivity contribution in [2.45, 2.75) is 6.42 Å². The fourth-order valence-corrected chi connectivity index (χ4v) is 2.36. The van der Waals surface area contributed by atoms with Gasteiger partial charge in [-0.15, -0.1) is 13.2 Å². The van der Waals surface area contributed by atoms with Crippen molar-refractivity contribution in [3.8, 4) is 0 Å². The van der Waals surface area contributed by atoms with E-state index in [0.717, 1.165) is 12.6 Å². The van der Waals surface area contributed by atoms with Gasteiger partial charge in [-0.05, 0) is 12.0 Å². The third-order valence-corrected chi connectivity index (χ3v) is 3.55. The van der Waals surface area contributed by atoms with E-state index in [2.05, 4.69) is 25.3 Å². The molecule has 0 bridgehead atoms. The number of allylic oxidation sites excluding steroid dienone is 1. The number of hydrogen-bond donors (Lipinski definition) is 0. The first kappa shape index (κ1) is 14.1. The molecular weight excluding hydrogens is 231 g/mol. The quantitative estimate of drug-likeness (QED) is 0.488. The molecule has 0 saturated heterocycles. The highest BCUT2D eigenvalue weighted by Gasteiger charge is 2.07. The third kappa shape index (κ3) is 6.38. The molecule has 0 spiro atoms. The van der Waals surface area contributed by atoms with Crippen LogP contribution in [0.15, 0.2) is 55.6 Å². The van der Waals surface area contributed by atoms with E-state index in [1.54, 1.807) is 6.08 Å². The number of hydrogen-bond acceptors (Lipinski definition) is 2. The van der Waals surface area contributed by atoms with Gasteiger partial charge >= 0.3 is 0 Å². The SMILES string of the molecule is C=CCOP(CC=C)OCCc1ccccc1. The minimum Gasteiger partial charge on any atom is -0.333 e. The fourth-order valence-electron chi connectivity index (χ4n) is 1.29. The van der Waals surface area contributed by atoms with E-state index in [1.807, 2.05) is 24.3 Å². The predicted molar refractivity (Wildman–Crippen MR) is 74.2 cm³/mol. The molecule has 1 rings (SSSR count). The smallest absolute Gasteiger partial charge is 0.174 e. The van der Waals surface area contributed by atoms with Crippen molar-refractivity contribution in [2.75, 3.05) is 19.4 Å². The molecule has 0 radical (unpaired) electrons. The van der Waals surface area contributed by atoms with Crippen LogP contribution in [0.5, 0.6) is 0 Å². The highest BCUT2D eigenvalue weighted by Crippen LogP contribution is 2.38. The molecule has 1 atom stereocenters. The van der Waals surface area contributed by atoms with Crippen molar-refractivity contribution >= 4 is 8.38 Å². The first-order valence-electron chi connectivity index (χ1n) is 5.66. The monoisotopic (exact) mass is 250 g/mol. The zero-order valence-electron chi connectivity index (χ0n) is 10.0. The Bertz CT molecular complexity index is 324. The molecule has 1 unspecified atom stereocenters. The Kier molecular flexibility index (Phi) is 7.57. The Morgan fingerprint density at radius 2 is 1.82 bits per heavy atom. The lowest BCUT2D eigenvalue weighted by molar-refractivity contribution is 0.272. The molecule has 2 nitrogen and oxygen atoms in total. The maximum Gasteiger partial charge on any atom is 0.174 e. The van der Waals surface area contributed by atoms with Gasteiger partial charge in [0.1, 0.15) is 0 Å². The summed E-state index contributed by atoms with van der Waals surface area (Å²) in [6.45, 7) is 8.54. The van der Waals surface area contributed by atoms with Crippen LogP contribution in [0.1, 0.15) is 5.56 Å². The van der Waals surface area contributed by atoms with Gasteiger partial charge in [-0.25, -0.2) is 0 Å². The van der Waals surface area contributed by atoms with Gasteiger partial charge in [0.15, 0.2) is 8.38 Å². The first-order valence-corrected chi connectivity index (χ1v) is 7.02. The highest BCUT2D eigenvalue weighted by atomic mass is 31.2. The van der Waals surface area contributed by atoms with E-state index < -0.39 is 8.38 Å². The van der Waals surface area contributed by atoms with E-state index in [0.29, 0.717) is 13.2 Å². The van der Waals surface area contributed by atoms with Crippen LogP contribution in [0.25, 0.3) is 0 Å². The minimum absolute atomic E-state index is 0.533. The second-order valence-corrected chi connectivity index (χ2v) is 5.00. The summed E-state index contributed by atoms with van der Waals surface area (Å²) in [5.41, 5.74) is 1.28. The largest absolute Gasteiger partial charge is 0.333 e. The summed E-state index contributed by atoms with van der Waals surface area (Å²) in [4.78, 5) is 0. The molecule has 0 saturated carbocycles. The van der Waals surface area contributed by atoms with Gasteiger partial charge in [-0.3, -0.25) is 0 Å². The van der Waals surface area contributed by atoms with Gasteiger partial charge in [0.05, 0.1) is 13.2 Å². The Labute approximate surface area is 105 Å². The fraction of sp³-hybridized carbons (Fsp3) is 0.286. The molecule has 0 N–H and O–H groups in total. The van der Waals surface area contributed by atoms with E-state index in [4.69, 9.17) is 9.05 Å². The van der Waals surface area contributed by atoms with Gasteiger partial charge < -0.3 is 9.05 Å². The maximum atomic E-state index is 5.71. The van der Waals surface area contributed by atoms with E-state index >= 15 is 0 Å². The summed E-state index contributed by atoms with van der Waals surface area (Å²) in [5, 5.41) is 0. The molecule has 0 aliphatic heterocycles. The molecule has 1 aromatic carbocycles. The van der Waals surface area contributed by atoms with Gasteiger partial charge in [0.25, 0.3) is 0 Å². The van der Waals surface area contributed by atoms with Crippen LogP contribution in [-0.2, 0) is 15.5 Å². The molecule has 1 aromatic rings. The van der Waals surface area contributed by atoms with Crippen molar-refractivity contribution in [2.24, 2.45) is 0 Å². The standard InChI is InChI=1S/C14H19O2P/c1-3-11-15-17(13-4-2)16-12-10-14-8-6-5-7-9-14/h3-9H,1-2,10-13H2. The summed E-state index contributed by atoms with van der Waals surface area (Å²) in [6, 6.07) is 10.3. The predicted octanol–water partition coefficient (Wildman–Crippen LogP) is 3.95. The lowest BCUT2D eigenvalue weighted by atomic mass is 10.2. The molecule has 3 heteroatoms. The molecule has 0 aliphatic carbocycles. The summed E-state index contributed by atoms with van der Waals surface area (Å²) in [5.74, 6) is 0. The topological polar surface area (TPSA) is 18.5 Å². The second-order valence-electron chi connectivity index (χ2n) is 3.46. The Balaban J connectivity index is 2.26. The zero-order chi connectivity index (χ0) is 12.3. The van der Waals surface area contributed by atoms with Gasteiger partial charge in [-0.2, -0.15) is 0 Å². The lowest BCUT2D eigenvalue weighted by Crippen LogP contribution is -1.99. The normalized spacial score (nSPS) is 12.0. The molecular formula is C14H19O2P. The van der Waals surface area contributed by atoms with Crippen LogP contribution in [0.2, 0.25) is 0 Å². The van der Waals surface area contributed by atoms with E-state index in [-0.39, 0.29) is 0 Å². The highest BCUT2D eigenvalue weighted by molar-refractivity contribution is 7.47. The average molecular weight is 250 g/mol. The van der Waals surface area contributed by atoms with Crippen LogP contribution in [0, 0.1) is 0 Å². The lowest BCUT2D eigenvalue weighted by Gasteiger charge is -2.14. The Morgan fingerprint density at radius 3 is 2.47 bits per heavy atom. The number of benzene rings is 1. The summed E-state index contributed by atoms with van der Waals surface area (Å²) in [6.07, 6.45) is 5.24. The average Bonchev–Trinajstić information content (AvgIpc) is 2.37. The van der Waals surface area contributed by atoms with Crippen LogP contribution >= 0.6 is 8.38 Å². The van der Waals surface area contributed by atoms with Crippen molar-refractivity contribution in [3.63, 3.8) is 0 Å². The first-order chi connectivity index (χ1) is 8.36. The van der Waals surface area contributed by atoms with Crippen molar-refractivity contribution in [1.29, 1.82) is 0 Å². The van der Waals surface area contributed by atoms with E-state index in [9.17, 15) is 0 Å². The van der Waals surface area contributed by atoms with Crippen LogP contribution < -0.4 is 0 Å². The van der Waals surface area contributed by atoms with Gasteiger partial charge in [-0.1, -0.05) is 42.5 Å². The molecule has 0 aliphatic rings. The molecule has 0 amide bonds. The molecule has 0 aromatic heterocycles. The summed E-state index contributed by atoms with van der Waals surface area (Å²) in [7, 11) is -0.852. The summed E-state index contributed by atoms with van der Waals surface area (Å²) >= 11 is 0. The van der Waals surface area contributed by atoms with Crippen molar-refractivity contribution in [3.05, 3.63) is 61.2 Å². The van der Waals surface area contributed by atoms with Gasteiger partial charge in [0, 0.05) is 6.16 Å². The summed E-state index contributed by atoms with van der Waals surface area (Å²) < 4.78 is 11.2. The Hall–Kier alpha value is -0.950. The molecule has 17 heavy (non-hydrogen) atoms. The van der Waals surface area contributed by atoms with Crippen molar-refractivity contribution < 1.29 is 9.05 Å². The molecule has 0 fully saturated rings. The number of rotatable bonds is 9. The molecule has 92 valence electrons. The third-order valence-electron chi connectivity index (χ3n) is 2.08. The maximum absolute atomic E-state index is 5.71. The van der Waals surface area contributed by atoms with Crippen LogP contribution in [0.3, 0.4) is 0 Å². The van der Waals surface area contributed by atoms with E-state index in [1.165, 1.54) is 5.56 Å². The molecule has 0 heterocycles. The zero-order valence-corrected chi connectivity index (χ0v) is 10.9. The van der Waals surface area contributed by atoms with Gasteiger partial charge in [0.2, 0.25) is 0 Å². The Morgan fingerprint density at radius 1 is 1.06 bits per heavy atom.